The molecule has 1 saturated carbocycles. The Morgan fingerprint density at radius 2 is 1.90 bits per heavy atom. The maximum absolute atomic E-state index is 11.3. The van der Waals surface area contributed by atoms with E-state index >= 15 is 0 Å². The van der Waals surface area contributed by atoms with Gasteiger partial charge in [-0.05, 0) is 62.3 Å². The maximum atomic E-state index is 11.3. The summed E-state index contributed by atoms with van der Waals surface area (Å²) in [5, 5.41) is 4.79. The number of fused-ring (bicyclic) bond motifs is 1. The number of aryl methyl sites for hydroxylation is 1. The minimum atomic E-state index is -0.484. The Hall–Kier alpha value is -4.34. The van der Waals surface area contributed by atoms with Gasteiger partial charge in [-0.15, -0.1) is 0 Å². The zero-order chi connectivity index (χ0) is 27.1. The molecule has 2 fully saturated rings. The largest absolute Gasteiger partial charge is 0.493 e. The number of H-pyrrole nitrogens is 1. The molecular weight excluding hydrogens is 496 g/mol. The van der Waals surface area contributed by atoms with Crippen LogP contribution in [0.1, 0.15) is 41.8 Å². The van der Waals surface area contributed by atoms with Gasteiger partial charge in [0.2, 0.25) is 0 Å². The van der Waals surface area contributed by atoms with Crippen molar-refractivity contribution in [2.45, 2.75) is 38.6 Å². The second kappa shape index (κ2) is 9.76. The van der Waals surface area contributed by atoms with Crippen molar-refractivity contribution in [1.82, 2.24) is 9.97 Å². The Morgan fingerprint density at radius 3 is 2.51 bits per heavy atom. The summed E-state index contributed by atoms with van der Waals surface area (Å²) in [5.74, 6) is 3.18. The number of nitrogens with zero attached hydrogens (tertiary/aromatic N) is 3. The summed E-state index contributed by atoms with van der Waals surface area (Å²) in [6.07, 6.45) is 7.55. The zero-order valence-corrected chi connectivity index (χ0v) is 22.4. The summed E-state index contributed by atoms with van der Waals surface area (Å²) < 4.78 is 17.0. The fourth-order valence-electron chi connectivity index (χ4n) is 5.93. The number of rotatable bonds is 7. The molecule has 202 valence electrons. The van der Waals surface area contributed by atoms with Crippen LogP contribution in [-0.2, 0) is 0 Å². The van der Waals surface area contributed by atoms with Gasteiger partial charge in [-0.25, -0.2) is 9.97 Å². The first-order chi connectivity index (χ1) is 18.9. The van der Waals surface area contributed by atoms with Crippen molar-refractivity contribution in [2.24, 2.45) is 11.1 Å². The number of nitrogens with two attached hydrogens (primary N) is 1. The van der Waals surface area contributed by atoms with Crippen molar-refractivity contribution in [3.05, 3.63) is 54.0 Å². The number of primary amides is 1. The summed E-state index contributed by atoms with van der Waals surface area (Å²) in [6.45, 7) is 3.77. The van der Waals surface area contributed by atoms with Crippen molar-refractivity contribution in [3.8, 4) is 23.0 Å². The molecule has 10 heteroatoms. The molecule has 6 rings (SSSR count). The third kappa shape index (κ3) is 4.71. The normalized spacial score (nSPS) is 16.7. The van der Waals surface area contributed by atoms with Crippen molar-refractivity contribution < 1.29 is 23.7 Å². The Morgan fingerprint density at radius 1 is 1.15 bits per heavy atom. The number of amides is 1. The molecule has 4 heterocycles. The average Bonchev–Trinajstić information content (AvgIpc) is 3.38. The Balaban J connectivity index is 1.19. The van der Waals surface area contributed by atoms with E-state index in [9.17, 15) is 4.79 Å². The molecule has 0 radical (unpaired) electrons. The third-order valence-electron chi connectivity index (χ3n) is 8.12. The molecule has 0 unspecified atom stereocenters. The third-order valence-corrected chi connectivity index (χ3v) is 8.12. The molecule has 10 nitrogen and oxygen atoms in total. The van der Waals surface area contributed by atoms with Crippen molar-refractivity contribution in [2.75, 3.05) is 37.5 Å². The van der Waals surface area contributed by atoms with Gasteiger partial charge in [0.05, 0.1) is 39.0 Å². The summed E-state index contributed by atoms with van der Waals surface area (Å²) in [6, 6.07) is 10.2. The van der Waals surface area contributed by atoms with Crippen molar-refractivity contribution >= 4 is 28.4 Å². The van der Waals surface area contributed by atoms with Crippen LogP contribution in [0.2, 0.25) is 0 Å². The fraction of sp³-hybridized carbons (Fsp3) is 0.379. The monoisotopic (exact) mass is 529 g/mol. The highest BCUT2D eigenvalue weighted by Crippen LogP contribution is 2.50. The van der Waals surface area contributed by atoms with Crippen LogP contribution in [-0.4, -0.2) is 49.2 Å². The number of anilines is 2. The van der Waals surface area contributed by atoms with E-state index in [1.165, 1.54) is 6.20 Å². The van der Waals surface area contributed by atoms with E-state index in [0.29, 0.717) is 28.5 Å². The zero-order valence-electron chi connectivity index (χ0n) is 22.4. The molecule has 1 aliphatic heterocycles. The highest BCUT2D eigenvalue weighted by molar-refractivity contribution is 5.96. The second-order valence-corrected chi connectivity index (χ2v) is 10.6. The molecule has 4 N–H and O–H groups in total. The highest BCUT2D eigenvalue weighted by atomic mass is 16.5. The van der Waals surface area contributed by atoms with Gasteiger partial charge >= 0.3 is 5.95 Å². The Kier molecular flexibility index (Phi) is 6.25. The average molecular weight is 530 g/mol. The van der Waals surface area contributed by atoms with Gasteiger partial charge < -0.3 is 24.9 Å². The van der Waals surface area contributed by atoms with Crippen LogP contribution >= 0.6 is 0 Å². The minimum Gasteiger partial charge on any atom is -0.493 e. The highest BCUT2D eigenvalue weighted by Gasteiger charge is 2.47. The molecule has 4 aromatic rings. The minimum absolute atomic E-state index is 0.325. The molecule has 1 aromatic carbocycles. The first-order valence-corrected chi connectivity index (χ1v) is 13.2. The van der Waals surface area contributed by atoms with Gasteiger partial charge in [0, 0.05) is 23.2 Å². The SMILES string of the molecule is COc1cc2nc(-c3ccc(C)o3)cc(NC3CC4(CCN(c5ncc(C(N)=O)c[nH+]5)CC4)C3)c2cc1OC. The van der Waals surface area contributed by atoms with Crippen LogP contribution in [0.25, 0.3) is 22.4 Å². The van der Waals surface area contributed by atoms with Crippen molar-refractivity contribution in [3.63, 3.8) is 0 Å². The lowest BCUT2D eigenvalue weighted by atomic mass is 9.60. The van der Waals surface area contributed by atoms with E-state index in [2.05, 4.69) is 26.3 Å². The summed E-state index contributed by atoms with van der Waals surface area (Å²) in [7, 11) is 3.28. The first-order valence-electron chi connectivity index (χ1n) is 13.2. The molecule has 1 saturated heterocycles. The van der Waals surface area contributed by atoms with Crippen LogP contribution in [0, 0.1) is 12.3 Å². The molecule has 1 spiro atoms. The summed E-state index contributed by atoms with van der Waals surface area (Å²) in [5.41, 5.74) is 8.64. The summed E-state index contributed by atoms with van der Waals surface area (Å²) >= 11 is 0. The molecular formula is C29H33N6O4+. The fourth-order valence-corrected chi connectivity index (χ4v) is 5.93. The van der Waals surface area contributed by atoms with Gasteiger partial charge in [0.1, 0.15) is 23.2 Å². The molecule has 1 amide bonds. The number of benzene rings is 1. The van der Waals surface area contributed by atoms with Crippen LogP contribution in [0.3, 0.4) is 0 Å². The van der Waals surface area contributed by atoms with E-state index in [4.69, 9.17) is 24.6 Å². The number of aromatic amines is 1. The lowest BCUT2D eigenvalue weighted by Crippen LogP contribution is -2.52. The van der Waals surface area contributed by atoms with E-state index in [1.807, 2.05) is 31.2 Å². The quantitative estimate of drug-likeness (QED) is 0.368. The lowest BCUT2D eigenvalue weighted by Gasteiger charge is -2.51. The number of methoxy groups -OCH3 is 2. The summed E-state index contributed by atoms with van der Waals surface area (Å²) in [4.78, 5) is 26.0. The Bertz CT molecular complexity index is 1520. The predicted octanol–water partition coefficient (Wildman–Crippen LogP) is 3.99. The number of nitrogens with one attached hydrogen (secondary N) is 2. The predicted molar refractivity (Wildman–Crippen MR) is 147 cm³/mol. The lowest BCUT2D eigenvalue weighted by molar-refractivity contribution is -0.368. The molecule has 1 aliphatic carbocycles. The standard InChI is InChI=1S/C29H32N6O4/c1-17-4-5-24(39-17)23-11-21(20-10-25(37-2)26(38-3)12-22(20)34-23)33-19-13-29(14-19)6-8-35(9-7-29)28-31-15-18(16-32-28)27(30)36/h4-5,10-12,15-16,19H,6-9,13-14H2,1-3H3,(H2,30,36)(H,33,34)/p+1. The van der Waals surface area contributed by atoms with Crippen molar-refractivity contribution in [1.29, 1.82) is 0 Å². The second-order valence-electron chi connectivity index (χ2n) is 10.6. The van der Waals surface area contributed by atoms with E-state index in [0.717, 1.165) is 78.5 Å². The van der Waals surface area contributed by atoms with Gasteiger partial charge in [0.15, 0.2) is 17.3 Å². The van der Waals surface area contributed by atoms with Gasteiger partial charge in [-0.3, -0.25) is 9.69 Å². The van der Waals surface area contributed by atoms with Gasteiger partial charge in [0.25, 0.3) is 5.91 Å². The van der Waals surface area contributed by atoms with E-state index in [-0.39, 0.29) is 0 Å². The first kappa shape index (κ1) is 25.0. The molecule has 3 aromatic heterocycles. The molecule has 0 bridgehead atoms. The number of carbonyl (C=O) groups excluding carboxylic acids is 1. The number of hydrogen-bond acceptors (Lipinski definition) is 8. The van der Waals surface area contributed by atoms with Crippen LogP contribution < -0.4 is 30.4 Å². The van der Waals surface area contributed by atoms with Crippen LogP contribution in [0.15, 0.2) is 47.1 Å². The topological polar surface area (TPSA) is 130 Å². The van der Waals surface area contributed by atoms with Crippen LogP contribution in [0.5, 0.6) is 11.5 Å². The van der Waals surface area contributed by atoms with E-state index < -0.39 is 5.91 Å². The molecule has 39 heavy (non-hydrogen) atoms. The number of carbonyl (C=O) groups is 1. The molecule has 0 atom stereocenters. The number of pyridine rings is 1. The van der Waals surface area contributed by atoms with Gasteiger partial charge in [-0.2, -0.15) is 0 Å². The van der Waals surface area contributed by atoms with Gasteiger partial charge in [-0.1, -0.05) is 4.98 Å². The Labute approximate surface area is 226 Å². The van der Waals surface area contributed by atoms with E-state index in [1.54, 1.807) is 20.4 Å². The number of ether oxygens (including phenoxy) is 2. The smallest absolute Gasteiger partial charge is 0.391 e. The number of piperidine rings is 1. The number of aromatic nitrogens is 3. The number of furan rings is 1. The number of hydrogen-bond donors (Lipinski definition) is 2. The maximum Gasteiger partial charge on any atom is 0.391 e. The van der Waals surface area contributed by atoms with Crippen LogP contribution in [0.4, 0.5) is 11.6 Å². The molecule has 2 aliphatic rings.